The molecule has 0 atom stereocenters. The lowest BCUT2D eigenvalue weighted by Gasteiger charge is -2.08. The van der Waals surface area contributed by atoms with Crippen molar-refractivity contribution in [2.45, 2.75) is 6.42 Å². The monoisotopic (exact) mass is 285 g/mol. The highest BCUT2D eigenvalue weighted by atomic mass is 35.5. The summed E-state index contributed by atoms with van der Waals surface area (Å²) in [5.41, 5.74) is 6.56. The molecule has 0 bridgehead atoms. The number of carboxylic acids is 1. The van der Waals surface area contributed by atoms with Crippen molar-refractivity contribution in [3.8, 4) is 5.69 Å². The SMILES string of the molecule is Nc1nc(CC(=O)O)cn1-c1c(Cl)cccc1Cl. The van der Waals surface area contributed by atoms with Gasteiger partial charge in [0.1, 0.15) is 0 Å². The van der Waals surface area contributed by atoms with Crippen molar-refractivity contribution in [1.82, 2.24) is 9.55 Å². The molecule has 3 N–H and O–H groups in total. The van der Waals surface area contributed by atoms with E-state index in [1.165, 1.54) is 10.8 Å². The first kappa shape index (κ1) is 12.7. The molecule has 2 rings (SSSR count). The summed E-state index contributed by atoms with van der Waals surface area (Å²) in [5, 5.41) is 9.53. The van der Waals surface area contributed by atoms with E-state index in [0.717, 1.165) is 0 Å². The maximum atomic E-state index is 10.6. The molecule has 0 fully saturated rings. The predicted molar refractivity (Wildman–Crippen MR) is 69.3 cm³/mol. The number of anilines is 1. The quantitative estimate of drug-likeness (QED) is 0.907. The van der Waals surface area contributed by atoms with Gasteiger partial charge in [0.25, 0.3) is 0 Å². The van der Waals surface area contributed by atoms with E-state index in [9.17, 15) is 4.79 Å². The van der Waals surface area contributed by atoms with Crippen LogP contribution in [0.4, 0.5) is 5.95 Å². The van der Waals surface area contributed by atoms with Crippen LogP contribution in [-0.2, 0) is 11.2 Å². The average Bonchev–Trinajstić information content (AvgIpc) is 2.58. The third-order valence-electron chi connectivity index (χ3n) is 2.29. The van der Waals surface area contributed by atoms with Gasteiger partial charge in [-0.15, -0.1) is 0 Å². The van der Waals surface area contributed by atoms with Gasteiger partial charge < -0.3 is 10.8 Å². The summed E-state index contributed by atoms with van der Waals surface area (Å²) in [7, 11) is 0. The molecule has 18 heavy (non-hydrogen) atoms. The number of rotatable bonds is 3. The molecule has 2 aromatic rings. The van der Waals surface area contributed by atoms with E-state index in [1.54, 1.807) is 18.2 Å². The fourth-order valence-electron chi connectivity index (χ4n) is 1.58. The van der Waals surface area contributed by atoms with Gasteiger partial charge in [-0.05, 0) is 12.1 Å². The first-order chi connectivity index (χ1) is 8.49. The molecule has 0 saturated carbocycles. The van der Waals surface area contributed by atoms with Gasteiger partial charge in [-0.25, -0.2) is 4.98 Å². The molecule has 0 aliphatic heterocycles. The van der Waals surface area contributed by atoms with Crippen molar-refractivity contribution >= 4 is 35.1 Å². The molecule has 7 heteroatoms. The molecule has 0 saturated heterocycles. The molecule has 0 aliphatic rings. The summed E-state index contributed by atoms with van der Waals surface area (Å²) >= 11 is 12.1. The number of imidazole rings is 1. The molecule has 94 valence electrons. The highest BCUT2D eigenvalue weighted by Gasteiger charge is 2.14. The van der Waals surface area contributed by atoms with Gasteiger partial charge in [0.2, 0.25) is 5.95 Å². The van der Waals surface area contributed by atoms with Crippen LogP contribution in [0.25, 0.3) is 5.69 Å². The minimum atomic E-state index is -0.982. The smallest absolute Gasteiger partial charge is 0.309 e. The van der Waals surface area contributed by atoms with Crippen molar-refractivity contribution in [3.05, 3.63) is 40.1 Å². The predicted octanol–water partition coefficient (Wildman–Crippen LogP) is 2.39. The largest absolute Gasteiger partial charge is 0.481 e. The van der Waals surface area contributed by atoms with Crippen LogP contribution in [0.3, 0.4) is 0 Å². The van der Waals surface area contributed by atoms with Crippen LogP contribution in [0, 0.1) is 0 Å². The zero-order valence-electron chi connectivity index (χ0n) is 9.10. The van der Waals surface area contributed by atoms with E-state index in [1.807, 2.05) is 0 Å². The summed E-state index contributed by atoms with van der Waals surface area (Å²) in [4.78, 5) is 14.6. The number of para-hydroxylation sites is 1. The average molecular weight is 286 g/mol. The van der Waals surface area contributed by atoms with Crippen molar-refractivity contribution in [2.24, 2.45) is 0 Å². The Morgan fingerprint density at radius 1 is 1.39 bits per heavy atom. The Morgan fingerprint density at radius 3 is 2.56 bits per heavy atom. The van der Waals surface area contributed by atoms with Gasteiger partial charge in [0, 0.05) is 6.20 Å². The summed E-state index contributed by atoms with van der Waals surface area (Å²) < 4.78 is 1.48. The Balaban J connectivity index is 2.51. The third-order valence-corrected chi connectivity index (χ3v) is 2.90. The standard InChI is InChI=1S/C11H9Cl2N3O2/c12-7-2-1-3-8(13)10(7)16-5-6(4-9(17)18)15-11(16)14/h1-3,5H,4H2,(H2,14,15)(H,17,18). The van der Waals surface area contributed by atoms with E-state index in [2.05, 4.69) is 4.98 Å². The molecule has 0 unspecified atom stereocenters. The van der Waals surface area contributed by atoms with Crippen molar-refractivity contribution in [2.75, 3.05) is 5.73 Å². The van der Waals surface area contributed by atoms with Crippen LogP contribution in [0.2, 0.25) is 10.0 Å². The lowest BCUT2D eigenvalue weighted by Crippen LogP contribution is -2.00. The molecular weight excluding hydrogens is 277 g/mol. The minimum absolute atomic E-state index is 0.140. The first-order valence-corrected chi connectivity index (χ1v) is 5.74. The van der Waals surface area contributed by atoms with Gasteiger partial charge in [-0.2, -0.15) is 0 Å². The highest BCUT2D eigenvalue weighted by Crippen LogP contribution is 2.30. The topological polar surface area (TPSA) is 81.1 Å². The highest BCUT2D eigenvalue weighted by molar-refractivity contribution is 6.37. The fourth-order valence-corrected chi connectivity index (χ4v) is 2.16. The second-order valence-corrected chi connectivity index (χ2v) is 4.42. The van der Waals surface area contributed by atoms with Crippen LogP contribution < -0.4 is 5.73 Å². The van der Waals surface area contributed by atoms with Crippen molar-refractivity contribution in [3.63, 3.8) is 0 Å². The number of hydrogen-bond donors (Lipinski definition) is 2. The zero-order valence-corrected chi connectivity index (χ0v) is 10.6. The van der Waals surface area contributed by atoms with E-state index in [4.69, 9.17) is 34.0 Å². The number of nitrogens with two attached hydrogens (primary N) is 1. The lowest BCUT2D eigenvalue weighted by molar-refractivity contribution is -0.136. The molecule has 0 amide bonds. The number of halogens is 2. The Morgan fingerprint density at radius 2 is 2.00 bits per heavy atom. The van der Waals surface area contributed by atoms with Gasteiger partial charge in [0.05, 0.1) is 27.8 Å². The van der Waals surface area contributed by atoms with Crippen molar-refractivity contribution in [1.29, 1.82) is 0 Å². The van der Waals surface area contributed by atoms with E-state index in [0.29, 0.717) is 21.4 Å². The number of aliphatic carboxylic acids is 1. The fraction of sp³-hybridized carbons (Fsp3) is 0.0909. The van der Waals surface area contributed by atoms with Crippen LogP contribution in [0.1, 0.15) is 5.69 Å². The van der Waals surface area contributed by atoms with E-state index >= 15 is 0 Å². The second-order valence-electron chi connectivity index (χ2n) is 3.60. The molecule has 1 heterocycles. The number of aromatic nitrogens is 2. The van der Waals surface area contributed by atoms with E-state index < -0.39 is 5.97 Å². The number of carbonyl (C=O) groups is 1. The van der Waals surface area contributed by atoms with Gasteiger partial charge >= 0.3 is 5.97 Å². The summed E-state index contributed by atoms with van der Waals surface area (Å²) in [6.07, 6.45) is 1.30. The second kappa shape index (κ2) is 4.88. The van der Waals surface area contributed by atoms with Crippen LogP contribution in [0.5, 0.6) is 0 Å². The van der Waals surface area contributed by atoms with Gasteiger partial charge in [0.15, 0.2) is 0 Å². The number of nitrogens with zero attached hydrogens (tertiary/aromatic N) is 2. The molecule has 5 nitrogen and oxygen atoms in total. The molecule has 1 aromatic carbocycles. The maximum Gasteiger partial charge on any atom is 0.309 e. The van der Waals surface area contributed by atoms with Gasteiger partial charge in [-0.1, -0.05) is 29.3 Å². The maximum absolute atomic E-state index is 10.6. The summed E-state index contributed by atoms with van der Waals surface area (Å²) in [5.74, 6) is -0.842. The lowest BCUT2D eigenvalue weighted by atomic mass is 10.3. The zero-order chi connectivity index (χ0) is 13.3. The first-order valence-electron chi connectivity index (χ1n) is 4.99. The van der Waals surface area contributed by atoms with Crippen LogP contribution in [-0.4, -0.2) is 20.6 Å². The molecule has 0 aliphatic carbocycles. The normalized spacial score (nSPS) is 10.6. The van der Waals surface area contributed by atoms with Crippen LogP contribution in [0.15, 0.2) is 24.4 Å². The molecule has 1 aromatic heterocycles. The number of benzene rings is 1. The Hall–Kier alpha value is -1.72. The Kier molecular flexibility index (Phi) is 3.45. The number of nitrogen functional groups attached to an aromatic ring is 1. The Bertz CT molecular complexity index is 590. The molecular formula is C11H9Cl2N3O2. The minimum Gasteiger partial charge on any atom is -0.481 e. The van der Waals surface area contributed by atoms with E-state index in [-0.39, 0.29) is 12.4 Å². The summed E-state index contributed by atoms with van der Waals surface area (Å²) in [6, 6.07) is 5.04. The number of hydrogen-bond acceptors (Lipinski definition) is 3. The van der Waals surface area contributed by atoms with Crippen molar-refractivity contribution < 1.29 is 9.90 Å². The third kappa shape index (κ3) is 2.42. The molecule has 0 radical (unpaired) electrons. The number of carboxylic acid groups (broad SMARTS) is 1. The van der Waals surface area contributed by atoms with Crippen LogP contribution >= 0.6 is 23.2 Å². The summed E-state index contributed by atoms with van der Waals surface area (Å²) in [6.45, 7) is 0. The van der Waals surface area contributed by atoms with Gasteiger partial charge in [-0.3, -0.25) is 9.36 Å². The molecule has 0 spiro atoms. The Labute approximate surface area is 113 Å².